The third kappa shape index (κ3) is 4.66. The molecule has 0 aliphatic heterocycles. The molecule has 0 fully saturated rings. The fraction of sp³-hybridized carbons (Fsp3) is 0.188. The monoisotopic (exact) mass is 350 g/mol. The summed E-state index contributed by atoms with van der Waals surface area (Å²) in [6.45, 7) is 0.146. The average molecular weight is 351 g/mol. The van der Waals surface area contributed by atoms with Crippen molar-refractivity contribution in [1.82, 2.24) is 10.3 Å². The van der Waals surface area contributed by atoms with Crippen LogP contribution in [0.4, 0.5) is 15.9 Å². The smallest absolute Gasteiger partial charge is 0.313 e. The third-order valence-corrected chi connectivity index (χ3v) is 3.34. The maximum absolute atomic E-state index is 13.5. The molecule has 0 radical (unpaired) electrons. The largest absolute Gasteiger partial charge is 0.363 e. The predicted octanol–water partition coefficient (Wildman–Crippen LogP) is 2.19. The zero-order chi connectivity index (χ0) is 17.7. The van der Waals surface area contributed by atoms with E-state index >= 15 is 0 Å². The second-order valence-corrected chi connectivity index (χ2v) is 5.61. The Hall–Kier alpha value is -2.67. The van der Waals surface area contributed by atoms with Gasteiger partial charge in [0.1, 0.15) is 11.6 Å². The van der Waals surface area contributed by atoms with Crippen molar-refractivity contribution in [3.05, 3.63) is 52.9 Å². The van der Waals surface area contributed by atoms with Gasteiger partial charge in [0.05, 0.1) is 5.69 Å². The van der Waals surface area contributed by atoms with Gasteiger partial charge in [0.25, 0.3) is 0 Å². The molecule has 0 unspecified atom stereocenters. The molecule has 2 N–H and O–H groups in total. The van der Waals surface area contributed by atoms with Gasteiger partial charge < -0.3 is 15.5 Å². The Bertz CT molecular complexity index is 767. The van der Waals surface area contributed by atoms with E-state index in [1.807, 2.05) is 19.0 Å². The fourth-order valence-corrected chi connectivity index (χ4v) is 2.02. The first-order valence-corrected chi connectivity index (χ1v) is 7.41. The maximum atomic E-state index is 13.5. The normalized spacial score (nSPS) is 10.2. The molecule has 0 aliphatic rings. The standard InChI is InChI=1S/C16H16ClFN4O2/c1-22(2)14-7-10(5-6-19-14)9-20-15(23)16(24)21-13-8-11(17)3-4-12(13)18/h3-8H,9H2,1-2H3,(H,20,23)(H,21,24). The van der Waals surface area contributed by atoms with E-state index in [1.54, 1.807) is 18.3 Å². The number of carbonyl (C=O) groups excluding carboxylic acids is 2. The molecular formula is C16H16ClFN4O2. The van der Waals surface area contributed by atoms with E-state index in [2.05, 4.69) is 15.6 Å². The molecule has 2 rings (SSSR count). The van der Waals surface area contributed by atoms with E-state index in [-0.39, 0.29) is 17.3 Å². The second-order valence-electron chi connectivity index (χ2n) is 5.18. The molecule has 0 bridgehead atoms. The number of hydrogen-bond acceptors (Lipinski definition) is 4. The van der Waals surface area contributed by atoms with Crippen molar-refractivity contribution < 1.29 is 14.0 Å². The number of aromatic nitrogens is 1. The molecular weight excluding hydrogens is 335 g/mol. The predicted molar refractivity (Wildman–Crippen MR) is 90.5 cm³/mol. The topological polar surface area (TPSA) is 74.3 Å². The molecule has 2 amide bonds. The summed E-state index contributed by atoms with van der Waals surface area (Å²) in [7, 11) is 3.69. The van der Waals surface area contributed by atoms with Gasteiger partial charge in [0, 0.05) is 31.9 Å². The van der Waals surface area contributed by atoms with Gasteiger partial charge in [0.2, 0.25) is 0 Å². The van der Waals surface area contributed by atoms with Crippen LogP contribution in [0.5, 0.6) is 0 Å². The lowest BCUT2D eigenvalue weighted by atomic mass is 10.2. The minimum Gasteiger partial charge on any atom is -0.363 e. The lowest BCUT2D eigenvalue weighted by Gasteiger charge is -2.12. The molecule has 6 nitrogen and oxygen atoms in total. The minimum atomic E-state index is -0.974. The van der Waals surface area contributed by atoms with Crippen molar-refractivity contribution in [2.45, 2.75) is 6.54 Å². The van der Waals surface area contributed by atoms with Gasteiger partial charge in [-0.3, -0.25) is 9.59 Å². The Morgan fingerprint density at radius 3 is 2.67 bits per heavy atom. The molecule has 0 spiro atoms. The van der Waals surface area contributed by atoms with Crippen LogP contribution < -0.4 is 15.5 Å². The van der Waals surface area contributed by atoms with Crippen molar-refractivity contribution in [3.63, 3.8) is 0 Å². The van der Waals surface area contributed by atoms with Gasteiger partial charge in [-0.15, -0.1) is 0 Å². The molecule has 1 aromatic carbocycles. The number of nitrogens with zero attached hydrogens (tertiary/aromatic N) is 2. The van der Waals surface area contributed by atoms with E-state index in [1.165, 1.54) is 12.1 Å². The molecule has 1 heterocycles. The molecule has 8 heteroatoms. The molecule has 1 aromatic heterocycles. The van der Waals surface area contributed by atoms with Crippen molar-refractivity contribution >= 4 is 34.9 Å². The summed E-state index contributed by atoms with van der Waals surface area (Å²) in [5.74, 6) is -1.80. The highest BCUT2D eigenvalue weighted by Crippen LogP contribution is 2.19. The summed E-state index contributed by atoms with van der Waals surface area (Å²) in [4.78, 5) is 29.6. The maximum Gasteiger partial charge on any atom is 0.313 e. The van der Waals surface area contributed by atoms with Gasteiger partial charge in [-0.05, 0) is 35.9 Å². The van der Waals surface area contributed by atoms with Crippen molar-refractivity contribution in [1.29, 1.82) is 0 Å². The number of rotatable bonds is 4. The van der Waals surface area contributed by atoms with Gasteiger partial charge in [-0.25, -0.2) is 9.37 Å². The number of pyridine rings is 1. The number of amides is 2. The highest BCUT2D eigenvalue weighted by Gasteiger charge is 2.15. The lowest BCUT2D eigenvalue weighted by Crippen LogP contribution is -2.35. The quantitative estimate of drug-likeness (QED) is 0.829. The van der Waals surface area contributed by atoms with E-state index < -0.39 is 17.6 Å². The van der Waals surface area contributed by atoms with Crippen LogP contribution in [0.1, 0.15) is 5.56 Å². The summed E-state index contributed by atoms with van der Waals surface area (Å²) < 4.78 is 13.5. The van der Waals surface area contributed by atoms with Crippen LogP contribution in [0.3, 0.4) is 0 Å². The van der Waals surface area contributed by atoms with Crippen LogP contribution in [-0.4, -0.2) is 30.9 Å². The number of halogens is 2. The summed E-state index contributed by atoms with van der Waals surface area (Å²) in [6.07, 6.45) is 1.61. The van der Waals surface area contributed by atoms with E-state index in [9.17, 15) is 14.0 Å². The first-order chi connectivity index (χ1) is 11.4. The number of hydrogen-bond donors (Lipinski definition) is 2. The summed E-state index contributed by atoms with van der Waals surface area (Å²) >= 11 is 5.73. The van der Waals surface area contributed by atoms with E-state index in [0.717, 1.165) is 17.4 Å². The molecule has 0 atom stereocenters. The third-order valence-electron chi connectivity index (χ3n) is 3.10. The van der Waals surface area contributed by atoms with E-state index in [4.69, 9.17) is 11.6 Å². The van der Waals surface area contributed by atoms with Crippen LogP contribution >= 0.6 is 11.6 Å². The Kier molecular flexibility index (Phi) is 5.70. The van der Waals surface area contributed by atoms with Crippen molar-refractivity contribution in [2.24, 2.45) is 0 Å². The highest BCUT2D eigenvalue weighted by molar-refractivity contribution is 6.39. The second kappa shape index (κ2) is 7.74. The number of carbonyl (C=O) groups is 2. The molecule has 24 heavy (non-hydrogen) atoms. The molecule has 0 saturated carbocycles. The summed E-state index contributed by atoms with van der Waals surface area (Å²) in [5.41, 5.74) is 0.630. The van der Waals surface area contributed by atoms with Crippen LogP contribution in [0, 0.1) is 5.82 Å². The first-order valence-electron chi connectivity index (χ1n) is 7.03. The van der Waals surface area contributed by atoms with Crippen LogP contribution in [-0.2, 0) is 16.1 Å². The molecule has 0 aliphatic carbocycles. The highest BCUT2D eigenvalue weighted by atomic mass is 35.5. The van der Waals surface area contributed by atoms with Crippen LogP contribution in [0.15, 0.2) is 36.5 Å². The Morgan fingerprint density at radius 1 is 1.21 bits per heavy atom. The van der Waals surface area contributed by atoms with Crippen molar-refractivity contribution in [2.75, 3.05) is 24.3 Å². The molecule has 126 valence electrons. The zero-order valence-electron chi connectivity index (χ0n) is 13.1. The fourth-order valence-electron chi connectivity index (χ4n) is 1.85. The average Bonchev–Trinajstić information content (AvgIpc) is 2.56. The number of nitrogens with one attached hydrogen (secondary N) is 2. The van der Waals surface area contributed by atoms with Gasteiger partial charge in [0.15, 0.2) is 0 Å². The summed E-state index contributed by atoms with van der Waals surface area (Å²) in [6, 6.07) is 7.19. The first kappa shape index (κ1) is 17.7. The lowest BCUT2D eigenvalue weighted by molar-refractivity contribution is -0.136. The Morgan fingerprint density at radius 2 is 1.96 bits per heavy atom. The number of anilines is 2. The minimum absolute atomic E-state index is 0.146. The SMILES string of the molecule is CN(C)c1cc(CNC(=O)C(=O)Nc2cc(Cl)ccc2F)ccn1. The van der Waals surface area contributed by atoms with Crippen LogP contribution in [0.25, 0.3) is 0 Å². The summed E-state index contributed by atoms with van der Waals surface area (Å²) in [5, 5.41) is 4.90. The van der Waals surface area contributed by atoms with Crippen LogP contribution in [0.2, 0.25) is 5.02 Å². The Balaban J connectivity index is 1.96. The van der Waals surface area contributed by atoms with Crippen molar-refractivity contribution in [3.8, 4) is 0 Å². The van der Waals surface area contributed by atoms with E-state index in [0.29, 0.717) is 0 Å². The molecule has 2 aromatic rings. The van der Waals surface area contributed by atoms with Gasteiger partial charge >= 0.3 is 11.8 Å². The number of benzene rings is 1. The Labute approximate surface area is 143 Å². The van der Waals surface area contributed by atoms with Gasteiger partial charge in [-0.2, -0.15) is 0 Å². The van der Waals surface area contributed by atoms with Gasteiger partial charge in [-0.1, -0.05) is 11.6 Å². The molecule has 0 saturated heterocycles. The zero-order valence-corrected chi connectivity index (χ0v) is 13.9.